The number of allylic oxidation sites excluding steroid dienone is 2. The van der Waals surface area contributed by atoms with E-state index in [9.17, 15) is 0 Å². The molecule has 0 fully saturated rings. The van der Waals surface area contributed by atoms with Gasteiger partial charge in [0.15, 0.2) is 0 Å². The molecule has 0 N–H and O–H groups in total. The Bertz CT molecular complexity index is 981. The van der Waals surface area contributed by atoms with Gasteiger partial charge in [-0.05, 0) is 44.0 Å². The summed E-state index contributed by atoms with van der Waals surface area (Å²) in [6, 6.07) is 23.5. The van der Waals surface area contributed by atoms with Gasteiger partial charge in [0.05, 0.1) is 5.69 Å². The fourth-order valence-electron chi connectivity index (χ4n) is 4.12. The summed E-state index contributed by atoms with van der Waals surface area (Å²) in [5, 5.41) is 0. The summed E-state index contributed by atoms with van der Waals surface area (Å²) in [5.41, 5.74) is 10.3. The van der Waals surface area contributed by atoms with Gasteiger partial charge in [-0.2, -0.15) is 0 Å². The summed E-state index contributed by atoms with van der Waals surface area (Å²) in [7, 11) is 0. The van der Waals surface area contributed by atoms with Gasteiger partial charge < -0.3 is 0 Å². The molecule has 0 bridgehead atoms. The topological polar surface area (TPSA) is 12.9 Å². The first-order valence-corrected chi connectivity index (χ1v) is 9.12. The van der Waals surface area contributed by atoms with E-state index in [0.29, 0.717) is 0 Å². The Balaban J connectivity index is 2.00. The van der Waals surface area contributed by atoms with Crippen molar-refractivity contribution in [2.24, 2.45) is 0 Å². The molecule has 2 aromatic carbocycles. The predicted molar refractivity (Wildman–Crippen MR) is 113 cm³/mol. The first-order valence-electron chi connectivity index (χ1n) is 9.12. The van der Waals surface area contributed by atoms with Crippen molar-refractivity contribution < 1.29 is 0 Å². The maximum atomic E-state index is 4.66. The van der Waals surface area contributed by atoms with E-state index >= 15 is 0 Å². The maximum absolute atomic E-state index is 4.66. The Morgan fingerprint density at radius 2 is 1.42 bits per heavy atom. The smallest absolute Gasteiger partial charge is 0.236 e. The summed E-state index contributed by atoms with van der Waals surface area (Å²) < 4.78 is 0. The van der Waals surface area contributed by atoms with Gasteiger partial charge in [-0.1, -0.05) is 82.2 Å². The van der Waals surface area contributed by atoms with Crippen molar-refractivity contribution in [3.05, 3.63) is 107 Å². The molecule has 0 atom stereocenters. The minimum atomic E-state index is 0.260. The zero-order valence-corrected chi connectivity index (χ0v) is 15.5. The highest BCUT2D eigenvalue weighted by atomic mass is 14.7. The van der Waals surface area contributed by atoms with Crippen molar-refractivity contribution in [3.8, 4) is 0 Å². The van der Waals surface area contributed by atoms with Gasteiger partial charge in [-0.3, -0.25) is 4.98 Å². The van der Waals surface area contributed by atoms with Gasteiger partial charge >= 0.3 is 0 Å². The molecular weight excluding hydrogens is 313 g/mol. The Labute approximate surface area is 156 Å². The molecule has 0 radical (unpaired) electrons. The lowest BCUT2D eigenvalue weighted by Gasteiger charge is -2.18. The monoisotopic (exact) mass is 335 g/mol. The van der Waals surface area contributed by atoms with Crippen molar-refractivity contribution in [1.29, 1.82) is 0 Å². The quantitative estimate of drug-likeness (QED) is 0.611. The van der Waals surface area contributed by atoms with E-state index in [1.165, 1.54) is 38.8 Å². The molecule has 1 aliphatic heterocycles. The van der Waals surface area contributed by atoms with Gasteiger partial charge in [0.2, 0.25) is 6.71 Å². The van der Waals surface area contributed by atoms with E-state index < -0.39 is 0 Å². The number of pyridine rings is 1. The first kappa shape index (κ1) is 16.6. The molecule has 3 aromatic rings. The number of nitrogens with zero attached hydrogens (tertiary/aromatic N) is 1. The lowest BCUT2D eigenvalue weighted by Crippen LogP contribution is -2.33. The molecule has 0 spiro atoms. The van der Waals surface area contributed by atoms with Crippen LogP contribution in [0.25, 0.3) is 11.0 Å². The third kappa shape index (κ3) is 2.82. The van der Waals surface area contributed by atoms with Crippen LogP contribution in [-0.4, -0.2) is 11.7 Å². The molecule has 126 valence electrons. The first-order chi connectivity index (χ1) is 12.7. The van der Waals surface area contributed by atoms with Crippen LogP contribution in [0.2, 0.25) is 0 Å². The van der Waals surface area contributed by atoms with Crippen LogP contribution in [-0.2, 0) is 0 Å². The van der Waals surface area contributed by atoms with Crippen LogP contribution in [0.3, 0.4) is 0 Å². The standard InChI is InChI=1S/C24H22BN/c1-17-10-9-11-18(2)23(17)25-16-19(3)22(21-14-7-8-15-26-21)24(25)20-12-5-4-6-13-20/h4-16H,1-3H3. The molecule has 26 heavy (non-hydrogen) atoms. The molecule has 0 amide bonds. The van der Waals surface area contributed by atoms with Crippen LogP contribution in [0.1, 0.15) is 29.3 Å². The van der Waals surface area contributed by atoms with Crippen molar-refractivity contribution in [2.45, 2.75) is 20.8 Å². The van der Waals surface area contributed by atoms with Gasteiger partial charge in [0.1, 0.15) is 0 Å². The molecule has 1 aromatic heterocycles. The number of hydrogen-bond donors (Lipinski definition) is 0. The van der Waals surface area contributed by atoms with Crippen LogP contribution >= 0.6 is 0 Å². The summed E-state index contributed by atoms with van der Waals surface area (Å²) in [4.78, 5) is 4.66. The lowest BCUT2D eigenvalue weighted by molar-refractivity contribution is 1.27. The number of benzene rings is 2. The minimum absolute atomic E-state index is 0.260. The molecule has 4 rings (SSSR count). The van der Waals surface area contributed by atoms with Gasteiger partial charge in [-0.15, -0.1) is 5.98 Å². The second-order valence-electron chi connectivity index (χ2n) is 7.00. The molecule has 0 saturated carbocycles. The van der Waals surface area contributed by atoms with Crippen LogP contribution in [0.5, 0.6) is 0 Å². The van der Waals surface area contributed by atoms with Gasteiger partial charge in [-0.25, -0.2) is 0 Å². The third-order valence-electron chi connectivity index (χ3n) is 5.25. The Morgan fingerprint density at radius 3 is 2.08 bits per heavy atom. The van der Waals surface area contributed by atoms with Crippen molar-refractivity contribution >= 4 is 23.2 Å². The summed E-state index contributed by atoms with van der Waals surface area (Å²) in [5.74, 6) is 2.40. The zero-order chi connectivity index (χ0) is 18.1. The van der Waals surface area contributed by atoms with E-state index in [1.807, 2.05) is 12.3 Å². The average Bonchev–Trinajstić information content (AvgIpc) is 3.00. The van der Waals surface area contributed by atoms with Gasteiger partial charge in [0, 0.05) is 6.20 Å². The maximum Gasteiger partial charge on any atom is 0.236 e. The number of rotatable bonds is 3. The van der Waals surface area contributed by atoms with Gasteiger partial charge in [0.25, 0.3) is 0 Å². The molecule has 2 heterocycles. The highest BCUT2D eigenvalue weighted by Gasteiger charge is 2.32. The Morgan fingerprint density at radius 1 is 0.731 bits per heavy atom. The zero-order valence-electron chi connectivity index (χ0n) is 15.5. The van der Waals surface area contributed by atoms with E-state index in [1.54, 1.807) is 0 Å². The normalized spacial score (nSPS) is 14.0. The molecule has 2 heteroatoms. The van der Waals surface area contributed by atoms with Crippen molar-refractivity contribution in [3.63, 3.8) is 0 Å². The summed E-state index contributed by atoms with van der Waals surface area (Å²) in [6.45, 7) is 6.90. The van der Waals surface area contributed by atoms with E-state index in [0.717, 1.165) is 5.69 Å². The second-order valence-corrected chi connectivity index (χ2v) is 7.00. The molecular formula is C24H22BN. The van der Waals surface area contributed by atoms with E-state index in [-0.39, 0.29) is 6.71 Å². The largest absolute Gasteiger partial charge is 0.256 e. The number of hydrogen-bond acceptors (Lipinski definition) is 1. The Hall–Kier alpha value is -2.87. The predicted octanol–water partition coefficient (Wildman–Crippen LogP) is 5.05. The molecule has 1 aliphatic rings. The number of aryl methyl sites for hydroxylation is 2. The molecule has 0 saturated heterocycles. The van der Waals surface area contributed by atoms with Crippen LogP contribution < -0.4 is 5.46 Å². The minimum Gasteiger partial charge on any atom is -0.256 e. The van der Waals surface area contributed by atoms with Crippen molar-refractivity contribution in [2.75, 3.05) is 0 Å². The van der Waals surface area contributed by atoms with E-state index in [4.69, 9.17) is 0 Å². The third-order valence-corrected chi connectivity index (χ3v) is 5.25. The lowest BCUT2D eigenvalue weighted by atomic mass is 9.39. The van der Waals surface area contributed by atoms with Crippen LogP contribution in [0.15, 0.2) is 84.5 Å². The van der Waals surface area contributed by atoms with Crippen LogP contribution in [0, 0.1) is 13.8 Å². The fraction of sp³-hybridized carbons (Fsp3) is 0.125. The molecule has 1 nitrogen and oxygen atoms in total. The summed E-state index contributed by atoms with van der Waals surface area (Å²) in [6.07, 6.45) is 1.88. The fourth-order valence-corrected chi connectivity index (χ4v) is 4.12. The Kier molecular flexibility index (Phi) is 4.34. The molecule has 0 unspecified atom stereocenters. The molecule has 0 aliphatic carbocycles. The second kappa shape index (κ2) is 6.80. The van der Waals surface area contributed by atoms with E-state index in [2.05, 4.69) is 92.4 Å². The highest BCUT2D eigenvalue weighted by molar-refractivity contribution is 6.97. The SMILES string of the molecule is CC1=CB(c2c(C)cccc2C)C(c2ccccc2)=C1c1ccccn1. The summed E-state index contributed by atoms with van der Waals surface area (Å²) >= 11 is 0. The van der Waals surface area contributed by atoms with Crippen LogP contribution in [0.4, 0.5) is 0 Å². The van der Waals surface area contributed by atoms with Crippen molar-refractivity contribution in [1.82, 2.24) is 4.98 Å². The number of aromatic nitrogens is 1. The highest BCUT2D eigenvalue weighted by Crippen LogP contribution is 2.38. The average molecular weight is 335 g/mol.